The van der Waals surface area contributed by atoms with Crippen molar-refractivity contribution in [2.75, 3.05) is 0 Å². The van der Waals surface area contributed by atoms with E-state index in [9.17, 15) is 0 Å². The fourth-order valence-corrected chi connectivity index (χ4v) is 2.24. The van der Waals surface area contributed by atoms with E-state index in [0.717, 1.165) is 28.4 Å². The van der Waals surface area contributed by atoms with Gasteiger partial charge >= 0.3 is 0 Å². The van der Waals surface area contributed by atoms with Gasteiger partial charge in [0.1, 0.15) is 0 Å². The number of imidazole rings is 1. The van der Waals surface area contributed by atoms with E-state index < -0.39 is 0 Å². The Hall–Kier alpha value is -1.13. The lowest BCUT2D eigenvalue weighted by molar-refractivity contribution is 0.677. The molecule has 3 rings (SSSR count). The molecule has 1 N–H and O–H groups in total. The summed E-state index contributed by atoms with van der Waals surface area (Å²) in [6.07, 6.45) is 6.59. The molecule has 1 aromatic carbocycles. The number of rotatable bonds is 4. The first kappa shape index (κ1) is 11.9. The van der Waals surface area contributed by atoms with Crippen LogP contribution >= 0.6 is 15.9 Å². The Balaban J connectivity index is 1.76. The van der Waals surface area contributed by atoms with Gasteiger partial charge in [-0.3, -0.25) is 0 Å². The van der Waals surface area contributed by atoms with Gasteiger partial charge in [0.15, 0.2) is 0 Å². The molecule has 0 spiro atoms. The lowest BCUT2D eigenvalue weighted by Crippen LogP contribution is -2.15. The van der Waals surface area contributed by atoms with Gasteiger partial charge in [-0.2, -0.15) is 0 Å². The topological polar surface area (TPSA) is 29.9 Å². The van der Waals surface area contributed by atoms with E-state index in [2.05, 4.69) is 62.1 Å². The standard InChI is InChI=1S/C14H16BrN3/c1-10-2-5-13(6-14(10)15)18-8-12(17-9-18)7-16-11-3-4-11/h2,5-6,8-9,11,16H,3-4,7H2,1H3. The van der Waals surface area contributed by atoms with E-state index in [-0.39, 0.29) is 0 Å². The minimum Gasteiger partial charge on any atom is -0.308 e. The highest BCUT2D eigenvalue weighted by atomic mass is 79.9. The van der Waals surface area contributed by atoms with E-state index in [1.165, 1.54) is 18.4 Å². The Morgan fingerprint density at radius 3 is 3.00 bits per heavy atom. The Kier molecular flexibility index (Phi) is 3.22. The smallest absolute Gasteiger partial charge is 0.0995 e. The molecule has 0 bridgehead atoms. The molecular weight excluding hydrogens is 290 g/mol. The van der Waals surface area contributed by atoms with Crippen molar-refractivity contribution >= 4 is 15.9 Å². The van der Waals surface area contributed by atoms with Crippen molar-refractivity contribution in [1.29, 1.82) is 0 Å². The molecule has 0 unspecified atom stereocenters. The van der Waals surface area contributed by atoms with Crippen LogP contribution in [-0.2, 0) is 6.54 Å². The van der Waals surface area contributed by atoms with Gasteiger partial charge in [-0.05, 0) is 37.5 Å². The van der Waals surface area contributed by atoms with Crippen molar-refractivity contribution in [1.82, 2.24) is 14.9 Å². The summed E-state index contributed by atoms with van der Waals surface area (Å²) >= 11 is 3.56. The number of nitrogens with zero attached hydrogens (tertiary/aromatic N) is 2. The molecule has 0 amide bonds. The summed E-state index contributed by atoms with van der Waals surface area (Å²) in [7, 11) is 0. The van der Waals surface area contributed by atoms with Crippen molar-refractivity contribution in [3.8, 4) is 5.69 Å². The van der Waals surface area contributed by atoms with Gasteiger partial charge in [-0.25, -0.2) is 4.98 Å². The summed E-state index contributed by atoms with van der Waals surface area (Å²) < 4.78 is 3.19. The van der Waals surface area contributed by atoms with Crippen LogP contribution in [0, 0.1) is 6.92 Å². The molecule has 4 heteroatoms. The molecule has 1 fully saturated rings. The molecule has 2 aromatic rings. The van der Waals surface area contributed by atoms with Crippen molar-refractivity contribution in [3.63, 3.8) is 0 Å². The number of aromatic nitrogens is 2. The summed E-state index contributed by atoms with van der Waals surface area (Å²) in [5.41, 5.74) is 3.48. The fraction of sp³-hybridized carbons (Fsp3) is 0.357. The summed E-state index contributed by atoms with van der Waals surface area (Å²) in [6.45, 7) is 2.96. The lowest BCUT2D eigenvalue weighted by Gasteiger charge is -2.04. The maximum absolute atomic E-state index is 4.43. The number of aryl methyl sites for hydroxylation is 1. The maximum atomic E-state index is 4.43. The van der Waals surface area contributed by atoms with E-state index in [0.29, 0.717) is 0 Å². The summed E-state index contributed by atoms with van der Waals surface area (Å²) in [4.78, 5) is 4.43. The Morgan fingerprint density at radius 1 is 1.44 bits per heavy atom. The van der Waals surface area contributed by atoms with Crippen LogP contribution in [0.5, 0.6) is 0 Å². The molecule has 1 aliphatic rings. The molecule has 18 heavy (non-hydrogen) atoms. The number of hydrogen-bond donors (Lipinski definition) is 1. The second-order valence-corrected chi connectivity index (χ2v) is 5.72. The first-order valence-electron chi connectivity index (χ1n) is 6.25. The molecular formula is C14H16BrN3. The summed E-state index contributed by atoms with van der Waals surface area (Å²) in [5.74, 6) is 0. The third kappa shape index (κ3) is 2.65. The zero-order chi connectivity index (χ0) is 12.5. The number of nitrogens with one attached hydrogen (secondary N) is 1. The summed E-state index contributed by atoms with van der Waals surface area (Å²) in [5, 5.41) is 3.47. The summed E-state index contributed by atoms with van der Waals surface area (Å²) in [6, 6.07) is 7.07. The monoisotopic (exact) mass is 305 g/mol. The van der Waals surface area contributed by atoms with E-state index >= 15 is 0 Å². The number of halogens is 1. The zero-order valence-corrected chi connectivity index (χ0v) is 11.9. The number of hydrogen-bond acceptors (Lipinski definition) is 2. The molecule has 0 radical (unpaired) electrons. The largest absolute Gasteiger partial charge is 0.308 e. The van der Waals surface area contributed by atoms with E-state index in [1.807, 2.05) is 6.33 Å². The van der Waals surface area contributed by atoms with Crippen molar-refractivity contribution < 1.29 is 0 Å². The Labute approximate surface area is 115 Å². The van der Waals surface area contributed by atoms with Crippen LogP contribution in [-0.4, -0.2) is 15.6 Å². The third-order valence-corrected chi connectivity index (χ3v) is 4.09. The van der Waals surface area contributed by atoms with Gasteiger partial charge in [-0.15, -0.1) is 0 Å². The van der Waals surface area contributed by atoms with E-state index in [4.69, 9.17) is 0 Å². The predicted molar refractivity (Wildman–Crippen MR) is 75.9 cm³/mol. The molecule has 1 saturated carbocycles. The highest BCUT2D eigenvalue weighted by Crippen LogP contribution is 2.21. The maximum Gasteiger partial charge on any atom is 0.0995 e. The minimum absolute atomic E-state index is 0.726. The van der Waals surface area contributed by atoms with Crippen LogP contribution in [0.2, 0.25) is 0 Å². The fourth-order valence-electron chi connectivity index (χ4n) is 1.87. The molecule has 0 saturated heterocycles. The van der Waals surface area contributed by atoms with Crippen LogP contribution < -0.4 is 5.32 Å². The van der Waals surface area contributed by atoms with Gasteiger partial charge in [-0.1, -0.05) is 22.0 Å². The quantitative estimate of drug-likeness (QED) is 0.940. The van der Waals surface area contributed by atoms with Gasteiger partial charge in [0.05, 0.1) is 12.0 Å². The van der Waals surface area contributed by atoms with Crippen LogP contribution in [0.1, 0.15) is 24.1 Å². The molecule has 1 aliphatic carbocycles. The van der Waals surface area contributed by atoms with Crippen LogP contribution in [0.4, 0.5) is 0 Å². The van der Waals surface area contributed by atoms with Crippen molar-refractivity contribution in [2.45, 2.75) is 32.4 Å². The van der Waals surface area contributed by atoms with Gasteiger partial charge in [0.25, 0.3) is 0 Å². The highest BCUT2D eigenvalue weighted by Gasteiger charge is 2.20. The van der Waals surface area contributed by atoms with Crippen LogP contribution in [0.25, 0.3) is 5.69 Å². The second kappa shape index (κ2) is 4.86. The highest BCUT2D eigenvalue weighted by molar-refractivity contribution is 9.10. The zero-order valence-electron chi connectivity index (χ0n) is 10.4. The average molecular weight is 306 g/mol. The average Bonchev–Trinajstić information content (AvgIpc) is 3.08. The van der Waals surface area contributed by atoms with E-state index in [1.54, 1.807) is 0 Å². The van der Waals surface area contributed by atoms with Gasteiger partial charge in [0, 0.05) is 28.9 Å². The van der Waals surface area contributed by atoms with Crippen LogP contribution in [0.3, 0.4) is 0 Å². The van der Waals surface area contributed by atoms with Crippen molar-refractivity contribution in [2.24, 2.45) is 0 Å². The Morgan fingerprint density at radius 2 is 2.28 bits per heavy atom. The van der Waals surface area contributed by atoms with Crippen LogP contribution in [0.15, 0.2) is 35.2 Å². The molecule has 94 valence electrons. The van der Waals surface area contributed by atoms with Crippen molar-refractivity contribution in [3.05, 3.63) is 46.5 Å². The van der Waals surface area contributed by atoms with Gasteiger partial charge < -0.3 is 9.88 Å². The SMILES string of the molecule is Cc1ccc(-n2cnc(CNC3CC3)c2)cc1Br. The van der Waals surface area contributed by atoms with Gasteiger partial charge in [0.2, 0.25) is 0 Å². The minimum atomic E-state index is 0.726. The first-order valence-corrected chi connectivity index (χ1v) is 7.04. The second-order valence-electron chi connectivity index (χ2n) is 4.86. The predicted octanol–water partition coefficient (Wildman–Crippen LogP) is 3.20. The normalized spacial score (nSPS) is 15.0. The molecule has 1 heterocycles. The molecule has 3 nitrogen and oxygen atoms in total. The molecule has 0 aliphatic heterocycles. The molecule has 0 atom stereocenters. The Bertz CT molecular complexity index is 558. The number of benzene rings is 1. The first-order chi connectivity index (χ1) is 8.72. The lowest BCUT2D eigenvalue weighted by atomic mass is 10.2. The third-order valence-electron chi connectivity index (χ3n) is 3.24. The molecule has 1 aromatic heterocycles.